The van der Waals surface area contributed by atoms with Gasteiger partial charge in [-0.2, -0.15) is 0 Å². The lowest BCUT2D eigenvalue weighted by Crippen LogP contribution is -2.46. The van der Waals surface area contributed by atoms with E-state index in [1.165, 1.54) is 21.8 Å². The van der Waals surface area contributed by atoms with Crippen LogP contribution in [0, 0.1) is 0 Å². The number of fused-ring (bicyclic) bond motifs is 3. The molecule has 0 N–H and O–H groups in total. The largest absolute Gasteiger partial charge is 0.370 e. The minimum Gasteiger partial charge on any atom is -0.370 e. The Morgan fingerprint density at radius 2 is 2.12 bits per heavy atom. The van der Waals surface area contributed by atoms with Crippen LogP contribution in [0.4, 0.5) is 0 Å². The quantitative estimate of drug-likeness (QED) is 0.693. The van der Waals surface area contributed by atoms with E-state index in [1.807, 2.05) is 16.7 Å². The third-order valence-electron chi connectivity index (χ3n) is 5.35. The molecule has 1 fully saturated rings. The van der Waals surface area contributed by atoms with Crippen LogP contribution in [0.3, 0.4) is 0 Å². The molecule has 5 nitrogen and oxygen atoms in total. The average molecular weight is 374 g/mol. The maximum absolute atomic E-state index is 12.1. The number of hydrogen-bond donors (Lipinski definition) is 0. The topological polar surface area (TPSA) is 46.8 Å². The fourth-order valence-corrected chi connectivity index (χ4v) is 5.73. The number of hydrogen-bond acceptors (Lipinski definition) is 6. The summed E-state index contributed by atoms with van der Waals surface area (Å²) in [6.45, 7) is 3.51. The first kappa shape index (κ1) is 15.7. The van der Waals surface area contributed by atoms with Crippen LogP contribution in [0.5, 0.6) is 0 Å². The summed E-state index contributed by atoms with van der Waals surface area (Å²) in [7, 11) is 0. The lowest BCUT2D eigenvalue weighted by Gasteiger charge is -2.44. The maximum Gasteiger partial charge on any atom is 0.258 e. The highest BCUT2D eigenvalue weighted by atomic mass is 32.1. The molecule has 7 heteroatoms. The van der Waals surface area contributed by atoms with Gasteiger partial charge in [0.25, 0.3) is 5.56 Å². The van der Waals surface area contributed by atoms with Crippen LogP contribution in [0.1, 0.15) is 29.0 Å². The molecule has 25 heavy (non-hydrogen) atoms. The van der Waals surface area contributed by atoms with Gasteiger partial charge in [-0.05, 0) is 29.9 Å². The molecule has 2 aliphatic heterocycles. The van der Waals surface area contributed by atoms with Crippen LogP contribution in [0.2, 0.25) is 0 Å². The van der Waals surface area contributed by atoms with Gasteiger partial charge in [0.1, 0.15) is 0 Å². The first-order valence-electron chi connectivity index (χ1n) is 8.62. The summed E-state index contributed by atoms with van der Waals surface area (Å²) >= 11 is 3.36. The van der Waals surface area contributed by atoms with E-state index < -0.39 is 0 Å². The lowest BCUT2D eigenvalue weighted by molar-refractivity contribution is -0.0981. The highest BCUT2D eigenvalue weighted by Crippen LogP contribution is 2.43. The number of likely N-dealkylation sites (tertiary alicyclic amines) is 1. The number of thiazole rings is 1. The third-order valence-corrected chi connectivity index (χ3v) is 7.09. The lowest BCUT2D eigenvalue weighted by atomic mass is 9.82. The van der Waals surface area contributed by atoms with E-state index in [1.54, 1.807) is 16.7 Å². The standard InChI is InChI=1S/C18H19N3O2S2/c22-16-11-13(19-17-21(16)7-10-25-17)12-20-5-3-18(4-6-20)14-2-9-24-15(14)1-8-23-18/h2,7,9-11H,1,3-6,8,12H2. The Balaban J connectivity index is 1.33. The van der Waals surface area contributed by atoms with Crippen LogP contribution in [-0.2, 0) is 23.3 Å². The third kappa shape index (κ3) is 2.66. The van der Waals surface area contributed by atoms with Crippen LogP contribution >= 0.6 is 22.7 Å². The Morgan fingerprint density at radius 1 is 1.24 bits per heavy atom. The molecule has 0 radical (unpaired) electrons. The molecule has 3 aromatic rings. The summed E-state index contributed by atoms with van der Waals surface area (Å²) in [6.07, 6.45) is 4.85. The van der Waals surface area contributed by atoms with Crippen molar-refractivity contribution in [2.24, 2.45) is 0 Å². The highest BCUT2D eigenvalue weighted by Gasteiger charge is 2.41. The molecule has 0 unspecified atom stereocenters. The monoisotopic (exact) mass is 373 g/mol. The van der Waals surface area contributed by atoms with Crippen LogP contribution in [-0.4, -0.2) is 34.0 Å². The van der Waals surface area contributed by atoms with Gasteiger partial charge in [0, 0.05) is 48.6 Å². The predicted octanol–water partition coefficient (Wildman–Crippen LogP) is 2.88. The van der Waals surface area contributed by atoms with E-state index in [0.29, 0.717) is 0 Å². The summed E-state index contributed by atoms with van der Waals surface area (Å²) in [4.78, 5) is 21.4. The van der Waals surface area contributed by atoms with Gasteiger partial charge in [0.15, 0.2) is 4.96 Å². The molecule has 0 atom stereocenters. The Kier molecular flexibility index (Phi) is 3.78. The van der Waals surface area contributed by atoms with E-state index in [9.17, 15) is 4.79 Å². The van der Waals surface area contributed by atoms with E-state index in [-0.39, 0.29) is 11.2 Å². The number of ether oxygens (including phenoxy) is 1. The first-order valence-corrected chi connectivity index (χ1v) is 10.4. The van der Waals surface area contributed by atoms with Gasteiger partial charge in [0.2, 0.25) is 0 Å². The molecular weight excluding hydrogens is 354 g/mol. The van der Waals surface area contributed by atoms with E-state index in [4.69, 9.17) is 4.74 Å². The van der Waals surface area contributed by atoms with Gasteiger partial charge in [-0.15, -0.1) is 22.7 Å². The van der Waals surface area contributed by atoms with Gasteiger partial charge in [-0.1, -0.05) is 0 Å². The van der Waals surface area contributed by atoms with Crippen molar-refractivity contribution in [3.05, 3.63) is 55.6 Å². The van der Waals surface area contributed by atoms with Crippen molar-refractivity contribution in [3.63, 3.8) is 0 Å². The van der Waals surface area contributed by atoms with Crippen molar-refractivity contribution in [2.75, 3.05) is 19.7 Å². The Hall–Kier alpha value is -1.54. The van der Waals surface area contributed by atoms with Crippen LogP contribution < -0.4 is 5.56 Å². The fraction of sp³-hybridized carbons (Fsp3) is 0.444. The number of rotatable bonds is 2. The Labute approximate surface area is 153 Å². The molecule has 0 saturated carbocycles. The molecule has 2 aliphatic rings. The molecule has 5 heterocycles. The van der Waals surface area contributed by atoms with Crippen molar-refractivity contribution in [2.45, 2.75) is 31.4 Å². The molecule has 0 bridgehead atoms. The number of nitrogens with zero attached hydrogens (tertiary/aromatic N) is 3. The molecule has 0 aromatic carbocycles. The van der Waals surface area contributed by atoms with Gasteiger partial charge >= 0.3 is 0 Å². The van der Waals surface area contributed by atoms with Gasteiger partial charge in [-0.25, -0.2) is 4.98 Å². The summed E-state index contributed by atoms with van der Waals surface area (Å²) in [5, 5.41) is 4.10. The summed E-state index contributed by atoms with van der Waals surface area (Å²) in [5.41, 5.74) is 2.20. The van der Waals surface area contributed by atoms with Crippen molar-refractivity contribution in [3.8, 4) is 0 Å². The zero-order valence-corrected chi connectivity index (χ0v) is 15.4. The normalized spacial score (nSPS) is 20.2. The minimum absolute atomic E-state index is 0.00765. The minimum atomic E-state index is -0.0885. The molecule has 5 rings (SSSR count). The molecule has 0 aliphatic carbocycles. The summed E-state index contributed by atoms with van der Waals surface area (Å²) < 4.78 is 7.87. The SMILES string of the molecule is O=c1cc(CN2CCC3(CC2)OCCc2sccc23)nc2sccn12. The van der Waals surface area contributed by atoms with Crippen molar-refractivity contribution < 1.29 is 4.74 Å². The van der Waals surface area contributed by atoms with E-state index in [0.717, 1.165) is 56.2 Å². The van der Waals surface area contributed by atoms with Crippen molar-refractivity contribution >= 4 is 27.6 Å². The fourth-order valence-electron chi connectivity index (χ4n) is 4.04. The summed E-state index contributed by atoms with van der Waals surface area (Å²) in [5.74, 6) is 0. The van der Waals surface area contributed by atoms with E-state index >= 15 is 0 Å². The van der Waals surface area contributed by atoms with Gasteiger partial charge in [-0.3, -0.25) is 14.1 Å². The second-order valence-corrected chi connectivity index (χ2v) is 8.64. The molecule has 130 valence electrons. The highest BCUT2D eigenvalue weighted by molar-refractivity contribution is 7.15. The number of aromatic nitrogens is 2. The second-order valence-electron chi connectivity index (χ2n) is 6.77. The van der Waals surface area contributed by atoms with E-state index in [2.05, 4.69) is 21.3 Å². The molecular formula is C18H19N3O2S2. The van der Waals surface area contributed by atoms with Crippen LogP contribution in [0.15, 0.2) is 33.9 Å². The smallest absolute Gasteiger partial charge is 0.258 e. The number of thiophene rings is 1. The second kappa shape index (κ2) is 6.02. The van der Waals surface area contributed by atoms with Gasteiger partial charge in [0.05, 0.1) is 17.9 Å². The first-order chi connectivity index (χ1) is 12.2. The summed E-state index contributed by atoms with van der Waals surface area (Å²) in [6, 6.07) is 3.92. The van der Waals surface area contributed by atoms with Gasteiger partial charge < -0.3 is 4.74 Å². The van der Waals surface area contributed by atoms with Crippen molar-refractivity contribution in [1.82, 2.24) is 14.3 Å². The molecule has 1 saturated heterocycles. The maximum atomic E-state index is 12.1. The van der Waals surface area contributed by atoms with Crippen LogP contribution in [0.25, 0.3) is 4.96 Å². The average Bonchev–Trinajstić information content (AvgIpc) is 3.27. The zero-order chi connectivity index (χ0) is 16.9. The van der Waals surface area contributed by atoms with Crippen molar-refractivity contribution in [1.29, 1.82) is 0 Å². The number of piperidine rings is 1. The Bertz CT molecular complexity index is 966. The molecule has 3 aromatic heterocycles. The predicted molar refractivity (Wildman–Crippen MR) is 99.5 cm³/mol. The Morgan fingerprint density at radius 3 is 3.00 bits per heavy atom. The zero-order valence-electron chi connectivity index (χ0n) is 13.8. The molecule has 0 amide bonds. The molecule has 1 spiro atoms.